The molecule has 30 heavy (non-hydrogen) atoms. The summed E-state index contributed by atoms with van der Waals surface area (Å²) in [6, 6.07) is 15.6. The van der Waals surface area contributed by atoms with Gasteiger partial charge in [0.05, 0.1) is 19.0 Å². The average molecular weight is 468 g/mol. The van der Waals surface area contributed by atoms with Crippen molar-refractivity contribution in [3.63, 3.8) is 0 Å². The lowest BCUT2D eigenvalue weighted by Gasteiger charge is -2.36. The van der Waals surface area contributed by atoms with E-state index in [9.17, 15) is 9.59 Å². The molecule has 1 aromatic heterocycles. The number of halogens is 1. The van der Waals surface area contributed by atoms with Crippen molar-refractivity contribution in [3.05, 3.63) is 76.0 Å². The van der Waals surface area contributed by atoms with Crippen LogP contribution < -0.4 is 5.32 Å². The Morgan fingerprint density at radius 3 is 2.70 bits per heavy atom. The summed E-state index contributed by atoms with van der Waals surface area (Å²) in [7, 11) is 0. The summed E-state index contributed by atoms with van der Waals surface area (Å²) in [6.45, 7) is 2.72. The van der Waals surface area contributed by atoms with Crippen molar-refractivity contribution in [1.29, 1.82) is 0 Å². The number of aromatic nitrogens is 3. The Morgan fingerprint density at radius 1 is 1.17 bits per heavy atom. The van der Waals surface area contributed by atoms with E-state index in [2.05, 4.69) is 37.4 Å². The van der Waals surface area contributed by atoms with Gasteiger partial charge in [-0.05, 0) is 35.2 Å². The molecule has 1 aliphatic rings. The van der Waals surface area contributed by atoms with Crippen LogP contribution in [0.3, 0.4) is 0 Å². The number of nitrogens with zero attached hydrogens (tertiary/aromatic N) is 4. The minimum absolute atomic E-state index is 0.0285. The molecule has 0 fully saturated rings. The Bertz CT molecular complexity index is 1060. The molecule has 1 unspecified atom stereocenters. The SMILES string of the molecule is CC(=O)N1CCc2ccccc2C1CC(=O)Nc1ncn(Cc2ccc(Br)cc2)n1. The van der Waals surface area contributed by atoms with Crippen LogP contribution in [0.4, 0.5) is 5.95 Å². The van der Waals surface area contributed by atoms with Gasteiger partial charge in [0.25, 0.3) is 0 Å². The quantitative estimate of drug-likeness (QED) is 0.621. The van der Waals surface area contributed by atoms with Gasteiger partial charge in [0, 0.05) is 17.9 Å². The monoisotopic (exact) mass is 467 g/mol. The summed E-state index contributed by atoms with van der Waals surface area (Å²) in [5.74, 6) is 0.0131. The normalized spacial score (nSPS) is 15.5. The number of hydrogen-bond donors (Lipinski definition) is 1. The second kappa shape index (κ2) is 8.79. The first kappa shape index (κ1) is 20.3. The number of amides is 2. The fourth-order valence-electron chi connectivity index (χ4n) is 3.80. The van der Waals surface area contributed by atoms with Crippen LogP contribution in [0, 0.1) is 0 Å². The predicted octanol–water partition coefficient (Wildman–Crippen LogP) is 3.56. The first-order valence-electron chi connectivity index (χ1n) is 9.78. The van der Waals surface area contributed by atoms with Crippen molar-refractivity contribution < 1.29 is 9.59 Å². The Kier molecular flexibility index (Phi) is 5.94. The van der Waals surface area contributed by atoms with Crippen LogP contribution in [-0.2, 0) is 22.6 Å². The number of fused-ring (bicyclic) bond motifs is 1. The van der Waals surface area contributed by atoms with E-state index in [1.807, 2.05) is 42.5 Å². The summed E-state index contributed by atoms with van der Waals surface area (Å²) in [4.78, 5) is 30.8. The van der Waals surface area contributed by atoms with E-state index in [1.54, 1.807) is 22.8 Å². The van der Waals surface area contributed by atoms with Crippen molar-refractivity contribution in [3.8, 4) is 0 Å². The molecule has 0 aliphatic carbocycles. The highest BCUT2D eigenvalue weighted by atomic mass is 79.9. The molecule has 2 aromatic carbocycles. The smallest absolute Gasteiger partial charge is 0.248 e. The largest absolute Gasteiger partial charge is 0.335 e. The lowest BCUT2D eigenvalue weighted by molar-refractivity contribution is -0.132. The van der Waals surface area contributed by atoms with Crippen molar-refractivity contribution >= 4 is 33.7 Å². The molecule has 1 N–H and O–H groups in total. The van der Waals surface area contributed by atoms with Crippen LogP contribution in [-0.4, -0.2) is 38.0 Å². The van der Waals surface area contributed by atoms with Crippen LogP contribution in [0.1, 0.15) is 36.1 Å². The highest BCUT2D eigenvalue weighted by Crippen LogP contribution is 2.32. The van der Waals surface area contributed by atoms with Crippen LogP contribution in [0.25, 0.3) is 0 Å². The minimum Gasteiger partial charge on any atom is -0.335 e. The van der Waals surface area contributed by atoms with E-state index >= 15 is 0 Å². The van der Waals surface area contributed by atoms with E-state index in [0.717, 1.165) is 22.0 Å². The fraction of sp³-hybridized carbons (Fsp3) is 0.273. The molecule has 0 bridgehead atoms. The van der Waals surface area contributed by atoms with E-state index < -0.39 is 0 Å². The summed E-state index contributed by atoms with van der Waals surface area (Å²) >= 11 is 3.42. The first-order valence-corrected chi connectivity index (χ1v) is 10.6. The molecule has 154 valence electrons. The summed E-state index contributed by atoms with van der Waals surface area (Å²) in [6.07, 6.45) is 2.56. The van der Waals surface area contributed by atoms with Gasteiger partial charge in [-0.1, -0.05) is 52.3 Å². The standard InChI is InChI=1S/C22H22BrN5O2/c1-15(29)28-11-10-17-4-2-3-5-19(17)20(28)12-21(30)25-22-24-14-27(26-22)13-16-6-8-18(23)9-7-16/h2-9,14,20H,10-13H2,1H3,(H,25,26,30). The van der Waals surface area contributed by atoms with Gasteiger partial charge in [0.1, 0.15) is 6.33 Å². The third kappa shape index (κ3) is 4.59. The second-order valence-corrected chi connectivity index (χ2v) is 8.24. The third-order valence-corrected chi connectivity index (χ3v) is 5.77. The van der Waals surface area contributed by atoms with Crippen molar-refractivity contribution in [2.24, 2.45) is 0 Å². The number of rotatable bonds is 5. The summed E-state index contributed by atoms with van der Waals surface area (Å²) in [5, 5.41) is 7.11. The Hall–Kier alpha value is -3.00. The predicted molar refractivity (Wildman–Crippen MR) is 117 cm³/mol. The number of carbonyl (C=O) groups is 2. The topological polar surface area (TPSA) is 80.1 Å². The molecule has 0 saturated carbocycles. The van der Waals surface area contributed by atoms with Gasteiger partial charge in [-0.3, -0.25) is 14.9 Å². The summed E-state index contributed by atoms with van der Waals surface area (Å²) in [5.41, 5.74) is 3.30. The molecule has 4 rings (SSSR count). The van der Waals surface area contributed by atoms with Gasteiger partial charge in [0.15, 0.2) is 0 Å². The van der Waals surface area contributed by atoms with Crippen LogP contribution >= 0.6 is 15.9 Å². The molecule has 1 aliphatic heterocycles. The van der Waals surface area contributed by atoms with Crippen molar-refractivity contribution in [2.75, 3.05) is 11.9 Å². The van der Waals surface area contributed by atoms with E-state index in [1.165, 1.54) is 5.56 Å². The van der Waals surface area contributed by atoms with Crippen LogP contribution in [0.15, 0.2) is 59.3 Å². The van der Waals surface area contributed by atoms with Gasteiger partial charge in [-0.15, -0.1) is 5.10 Å². The minimum atomic E-state index is -0.280. The third-order valence-electron chi connectivity index (χ3n) is 5.24. The molecular weight excluding hydrogens is 446 g/mol. The zero-order valence-corrected chi connectivity index (χ0v) is 18.2. The van der Waals surface area contributed by atoms with Gasteiger partial charge in [-0.2, -0.15) is 0 Å². The molecule has 8 heteroatoms. The second-order valence-electron chi connectivity index (χ2n) is 7.32. The Morgan fingerprint density at radius 2 is 1.93 bits per heavy atom. The van der Waals surface area contributed by atoms with Crippen LogP contribution in [0.5, 0.6) is 0 Å². The highest BCUT2D eigenvalue weighted by molar-refractivity contribution is 9.10. The Balaban J connectivity index is 1.43. The molecule has 1 atom stereocenters. The van der Waals surface area contributed by atoms with Gasteiger partial charge in [0.2, 0.25) is 17.8 Å². The van der Waals surface area contributed by atoms with E-state index in [0.29, 0.717) is 13.1 Å². The number of carbonyl (C=O) groups excluding carboxylic acids is 2. The molecule has 2 heterocycles. The Labute approximate surface area is 183 Å². The van der Waals surface area contributed by atoms with Crippen molar-refractivity contribution in [1.82, 2.24) is 19.7 Å². The van der Waals surface area contributed by atoms with Gasteiger partial charge >= 0.3 is 0 Å². The number of nitrogens with one attached hydrogen (secondary N) is 1. The molecule has 0 radical (unpaired) electrons. The number of benzene rings is 2. The molecule has 0 spiro atoms. The molecule has 3 aromatic rings. The zero-order chi connectivity index (χ0) is 21.1. The highest BCUT2D eigenvalue weighted by Gasteiger charge is 2.30. The van der Waals surface area contributed by atoms with E-state index in [4.69, 9.17) is 0 Å². The first-order chi connectivity index (χ1) is 14.5. The lowest BCUT2D eigenvalue weighted by Crippen LogP contribution is -2.40. The maximum atomic E-state index is 12.7. The maximum Gasteiger partial charge on any atom is 0.248 e. The average Bonchev–Trinajstić information content (AvgIpc) is 3.16. The molecular formula is C22H22BrN5O2. The van der Waals surface area contributed by atoms with Crippen molar-refractivity contribution in [2.45, 2.75) is 32.4 Å². The fourth-order valence-corrected chi connectivity index (χ4v) is 4.07. The zero-order valence-electron chi connectivity index (χ0n) is 16.6. The van der Waals surface area contributed by atoms with E-state index in [-0.39, 0.29) is 30.2 Å². The number of anilines is 1. The maximum absolute atomic E-state index is 12.7. The van der Waals surface area contributed by atoms with Gasteiger partial charge in [-0.25, -0.2) is 9.67 Å². The summed E-state index contributed by atoms with van der Waals surface area (Å²) < 4.78 is 2.69. The van der Waals surface area contributed by atoms with Gasteiger partial charge < -0.3 is 4.90 Å². The molecule has 7 nitrogen and oxygen atoms in total. The lowest BCUT2D eigenvalue weighted by atomic mass is 9.90. The van der Waals surface area contributed by atoms with Crippen LogP contribution in [0.2, 0.25) is 0 Å². The molecule has 0 saturated heterocycles. The molecule has 2 amide bonds. The number of hydrogen-bond acceptors (Lipinski definition) is 4.